The number of methoxy groups -OCH3 is 1. The minimum Gasteiger partial charge on any atom is -0.481 e. The van der Waals surface area contributed by atoms with Crippen molar-refractivity contribution >= 4 is 0 Å². The first-order chi connectivity index (χ1) is 8.79. The molecular weight excluding hydrogens is 224 g/mol. The number of pyridine rings is 1. The van der Waals surface area contributed by atoms with Crippen LogP contribution in [0.3, 0.4) is 0 Å². The van der Waals surface area contributed by atoms with Crippen LogP contribution in [0.1, 0.15) is 23.6 Å². The lowest BCUT2D eigenvalue weighted by molar-refractivity contribution is 0.398. The minimum absolute atomic E-state index is 0.184. The first kappa shape index (κ1) is 11.2. The zero-order valence-electron chi connectivity index (χ0n) is 10.4. The van der Waals surface area contributed by atoms with Crippen LogP contribution >= 0.6 is 0 Å². The average Bonchev–Trinajstić information content (AvgIpc) is 2.81. The Balaban J connectivity index is 2.12. The quantitative estimate of drug-likeness (QED) is 0.878. The zero-order chi connectivity index (χ0) is 12.5. The van der Waals surface area contributed by atoms with E-state index in [9.17, 15) is 0 Å². The van der Waals surface area contributed by atoms with Crippen LogP contribution in [-0.4, -0.2) is 12.1 Å². The highest BCUT2D eigenvalue weighted by Crippen LogP contribution is 2.36. The summed E-state index contributed by atoms with van der Waals surface area (Å²) in [6, 6.07) is 10.5. The molecule has 0 amide bonds. The maximum Gasteiger partial charge on any atom is 0.213 e. The van der Waals surface area contributed by atoms with Crippen molar-refractivity contribution in [2.24, 2.45) is 5.73 Å². The molecule has 2 N–H and O–H groups in total. The molecule has 1 aromatic carbocycles. The van der Waals surface area contributed by atoms with Crippen LogP contribution < -0.4 is 10.5 Å². The topological polar surface area (TPSA) is 48.1 Å². The summed E-state index contributed by atoms with van der Waals surface area (Å²) in [7, 11) is 1.64. The molecule has 0 fully saturated rings. The van der Waals surface area contributed by atoms with Gasteiger partial charge in [-0.05, 0) is 41.2 Å². The molecule has 3 heteroatoms. The van der Waals surface area contributed by atoms with Gasteiger partial charge in [0.2, 0.25) is 5.88 Å². The van der Waals surface area contributed by atoms with Gasteiger partial charge in [0.25, 0.3) is 0 Å². The normalized spacial score (nSPS) is 17.6. The maximum absolute atomic E-state index is 6.11. The molecule has 0 aliphatic heterocycles. The molecule has 3 rings (SSSR count). The Bertz CT molecular complexity index is 580. The third-order valence-corrected chi connectivity index (χ3v) is 3.57. The average molecular weight is 240 g/mol. The molecule has 1 aliphatic carbocycles. The molecule has 3 nitrogen and oxygen atoms in total. The van der Waals surface area contributed by atoms with Crippen LogP contribution in [0.25, 0.3) is 11.1 Å². The largest absolute Gasteiger partial charge is 0.481 e. The molecular formula is C15H16N2O. The Kier molecular flexibility index (Phi) is 2.76. The van der Waals surface area contributed by atoms with Gasteiger partial charge in [-0.25, -0.2) is 4.98 Å². The van der Waals surface area contributed by atoms with E-state index in [1.807, 2.05) is 12.1 Å². The van der Waals surface area contributed by atoms with Gasteiger partial charge in [-0.15, -0.1) is 0 Å². The molecule has 2 aromatic rings. The van der Waals surface area contributed by atoms with E-state index in [2.05, 4.69) is 23.2 Å². The minimum atomic E-state index is 0.184. The van der Waals surface area contributed by atoms with E-state index in [1.54, 1.807) is 13.3 Å². The van der Waals surface area contributed by atoms with E-state index < -0.39 is 0 Å². The smallest absolute Gasteiger partial charge is 0.213 e. The monoisotopic (exact) mass is 240 g/mol. The van der Waals surface area contributed by atoms with Crippen molar-refractivity contribution in [3.05, 3.63) is 47.7 Å². The number of benzene rings is 1. The lowest BCUT2D eigenvalue weighted by Crippen LogP contribution is -2.04. The highest BCUT2D eigenvalue weighted by molar-refractivity contribution is 5.70. The van der Waals surface area contributed by atoms with E-state index in [4.69, 9.17) is 10.5 Å². The maximum atomic E-state index is 6.11. The fourth-order valence-corrected chi connectivity index (χ4v) is 2.65. The Hall–Kier alpha value is -1.87. The molecule has 1 unspecified atom stereocenters. The van der Waals surface area contributed by atoms with Gasteiger partial charge in [0.15, 0.2) is 0 Å². The van der Waals surface area contributed by atoms with Gasteiger partial charge in [0.1, 0.15) is 0 Å². The van der Waals surface area contributed by atoms with Crippen molar-refractivity contribution in [3.63, 3.8) is 0 Å². The van der Waals surface area contributed by atoms with Crippen molar-refractivity contribution in [1.82, 2.24) is 4.98 Å². The van der Waals surface area contributed by atoms with Gasteiger partial charge in [0, 0.05) is 18.3 Å². The van der Waals surface area contributed by atoms with Crippen LogP contribution in [0.5, 0.6) is 5.88 Å². The van der Waals surface area contributed by atoms with Crippen molar-refractivity contribution in [3.8, 4) is 17.0 Å². The van der Waals surface area contributed by atoms with Crippen LogP contribution in [0.4, 0.5) is 0 Å². The van der Waals surface area contributed by atoms with Crippen LogP contribution in [0.15, 0.2) is 36.5 Å². The Morgan fingerprint density at radius 1 is 1.33 bits per heavy atom. The van der Waals surface area contributed by atoms with Crippen molar-refractivity contribution in [2.45, 2.75) is 18.9 Å². The molecule has 1 aliphatic rings. The molecule has 18 heavy (non-hydrogen) atoms. The summed E-state index contributed by atoms with van der Waals surface area (Å²) in [5.41, 5.74) is 11.2. The van der Waals surface area contributed by atoms with Gasteiger partial charge in [-0.3, -0.25) is 0 Å². The van der Waals surface area contributed by atoms with E-state index in [-0.39, 0.29) is 6.04 Å². The number of nitrogens with two attached hydrogens (primary N) is 1. The van der Waals surface area contributed by atoms with Crippen LogP contribution in [0, 0.1) is 0 Å². The fourth-order valence-electron chi connectivity index (χ4n) is 2.65. The molecule has 0 bridgehead atoms. The van der Waals surface area contributed by atoms with Crippen molar-refractivity contribution in [2.75, 3.05) is 7.11 Å². The first-order valence-electron chi connectivity index (χ1n) is 6.17. The second-order valence-electron chi connectivity index (χ2n) is 4.61. The standard InChI is InChI=1S/C15H16N2O/c1-18-15-9-10(7-8-17-15)11-3-2-4-13-12(11)5-6-14(13)16/h2-4,7-9,14H,5-6,16H2,1H3. The van der Waals surface area contributed by atoms with Crippen molar-refractivity contribution in [1.29, 1.82) is 0 Å². The lowest BCUT2D eigenvalue weighted by Gasteiger charge is -2.10. The van der Waals surface area contributed by atoms with E-state index in [0.29, 0.717) is 5.88 Å². The van der Waals surface area contributed by atoms with Crippen LogP contribution in [-0.2, 0) is 6.42 Å². The van der Waals surface area contributed by atoms with Crippen LogP contribution in [0.2, 0.25) is 0 Å². The predicted molar refractivity (Wildman–Crippen MR) is 71.5 cm³/mol. The predicted octanol–water partition coefficient (Wildman–Crippen LogP) is 2.70. The second kappa shape index (κ2) is 4.42. The molecule has 0 spiro atoms. The molecule has 92 valence electrons. The molecule has 1 atom stereocenters. The highest BCUT2D eigenvalue weighted by atomic mass is 16.5. The lowest BCUT2D eigenvalue weighted by atomic mass is 9.97. The molecule has 0 radical (unpaired) electrons. The number of hydrogen-bond acceptors (Lipinski definition) is 3. The van der Waals surface area contributed by atoms with Gasteiger partial charge >= 0.3 is 0 Å². The summed E-state index contributed by atoms with van der Waals surface area (Å²) in [5.74, 6) is 0.646. The Labute approximate surface area is 107 Å². The number of rotatable bonds is 2. The third-order valence-electron chi connectivity index (χ3n) is 3.57. The first-order valence-corrected chi connectivity index (χ1v) is 6.17. The Morgan fingerprint density at radius 3 is 3.06 bits per heavy atom. The van der Waals surface area contributed by atoms with Crippen molar-refractivity contribution < 1.29 is 4.74 Å². The summed E-state index contributed by atoms with van der Waals surface area (Å²) in [5, 5.41) is 0. The molecule has 0 saturated carbocycles. The number of hydrogen-bond donors (Lipinski definition) is 1. The second-order valence-corrected chi connectivity index (χ2v) is 4.61. The third kappa shape index (κ3) is 1.77. The Morgan fingerprint density at radius 2 is 2.22 bits per heavy atom. The zero-order valence-corrected chi connectivity index (χ0v) is 10.4. The molecule has 1 aromatic heterocycles. The summed E-state index contributed by atoms with van der Waals surface area (Å²) >= 11 is 0. The van der Waals surface area contributed by atoms with Gasteiger partial charge in [-0.1, -0.05) is 18.2 Å². The summed E-state index contributed by atoms with van der Waals surface area (Å²) in [6.07, 6.45) is 3.87. The SMILES string of the molecule is COc1cc(-c2cccc3c2CCC3N)ccn1. The number of ether oxygens (including phenoxy) is 1. The fraction of sp³-hybridized carbons (Fsp3) is 0.267. The molecule has 1 heterocycles. The van der Waals surface area contributed by atoms with E-state index in [1.165, 1.54) is 16.7 Å². The summed E-state index contributed by atoms with van der Waals surface area (Å²) in [4.78, 5) is 4.14. The van der Waals surface area contributed by atoms with Gasteiger partial charge in [-0.2, -0.15) is 0 Å². The number of nitrogens with zero attached hydrogens (tertiary/aromatic N) is 1. The molecule has 0 saturated heterocycles. The summed E-state index contributed by atoms with van der Waals surface area (Å²) in [6.45, 7) is 0. The summed E-state index contributed by atoms with van der Waals surface area (Å²) < 4.78 is 5.18. The van der Waals surface area contributed by atoms with Gasteiger partial charge in [0.05, 0.1) is 7.11 Å². The highest BCUT2D eigenvalue weighted by Gasteiger charge is 2.21. The van der Waals surface area contributed by atoms with E-state index in [0.717, 1.165) is 18.4 Å². The number of aromatic nitrogens is 1. The van der Waals surface area contributed by atoms with Gasteiger partial charge < -0.3 is 10.5 Å². The number of fused-ring (bicyclic) bond motifs is 1. The van der Waals surface area contributed by atoms with E-state index >= 15 is 0 Å².